The van der Waals surface area contributed by atoms with Crippen molar-refractivity contribution >= 4 is 29.5 Å². The maximum atomic E-state index is 12.5. The fraction of sp³-hybridized carbons (Fsp3) is 0.286. The van der Waals surface area contributed by atoms with E-state index in [1.807, 2.05) is 44.2 Å². The summed E-state index contributed by atoms with van der Waals surface area (Å²) in [6.07, 6.45) is -0.0816. The number of ether oxygens (including phenoxy) is 1. The molecule has 0 aromatic heterocycles. The van der Waals surface area contributed by atoms with Gasteiger partial charge in [0.2, 0.25) is 0 Å². The van der Waals surface area contributed by atoms with Gasteiger partial charge in [-0.2, -0.15) is 0 Å². The number of carbonyl (C=O) groups excluding carboxylic acids is 3. The quantitative estimate of drug-likeness (QED) is 0.601. The van der Waals surface area contributed by atoms with Crippen molar-refractivity contribution in [2.24, 2.45) is 5.92 Å². The second kappa shape index (κ2) is 11.1. The lowest BCUT2D eigenvalue weighted by atomic mass is 9.99. The van der Waals surface area contributed by atoms with Crippen molar-refractivity contribution in [1.29, 1.82) is 0 Å². The van der Waals surface area contributed by atoms with Crippen LogP contribution in [0.15, 0.2) is 54.6 Å². The van der Waals surface area contributed by atoms with Crippen molar-refractivity contribution in [3.8, 4) is 0 Å². The van der Waals surface area contributed by atoms with E-state index in [9.17, 15) is 14.4 Å². The molecule has 2 aromatic rings. The third-order valence-electron chi connectivity index (χ3n) is 4.40. The lowest BCUT2D eigenvalue weighted by molar-refractivity contribution is -0.125. The SMILES string of the molecule is CC[C@H](C)[C@H](NC(=O)OCc1ccccc1)C(=O)NNC(=O)c1ccccc1Cl. The highest BCUT2D eigenvalue weighted by atomic mass is 35.5. The maximum Gasteiger partial charge on any atom is 0.408 e. The standard InChI is InChI=1S/C21H24ClN3O4/c1-3-14(2)18(23-21(28)29-13-15-9-5-4-6-10-15)20(27)25-24-19(26)16-11-7-8-12-17(16)22/h4-12,14,18H,3,13H2,1-2H3,(H,23,28)(H,24,26)(H,25,27)/t14-,18-/m0/s1. The van der Waals surface area contributed by atoms with Crippen LogP contribution in [0.4, 0.5) is 4.79 Å². The molecule has 2 aromatic carbocycles. The molecule has 0 spiro atoms. The number of hydrazine groups is 1. The largest absolute Gasteiger partial charge is 0.445 e. The molecule has 0 radical (unpaired) electrons. The van der Waals surface area contributed by atoms with Crippen LogP contribution >= 0.6 is 11.6 Å². The van der Waals surface area contributed by atoms with Crippen molar-refractivity contribution < 1.29 is 19.1 Å². The number of amides is 3. The van der Waals surface area contributed by atoms with E-state index in [0.717, 1.165) is 5.56 Å². The van der Waals surface area contributed by atoms with E-state index in [-0.39, 0.29) is 23.1 Å². The van der Waals surface area contributed by atoms with E-state index < -0.39 is 23.9 Å². The Morgan fingerprint density at radius 2 is 1.66 bits per heavy atom. The zero-order valence-corrected chi connectivity index (χ0v) is 17.0. The average molecular weight is 418 g/mol. The molecule has 0 unspecified atom stereocenters. The zero-order valence-electron chi connectivity index (χ0n) is 16.3. The molecule has 2 atom stereocenters. The molecule has 0 fully saturated rings. The van der Waals surface area contributed by atoms with Crippen molar-refractivity contribution in [2.45, 2.75) is 32.9 Å². The molecular weight excluding hydrogens is 394 g/mol. The minimum absolute atomic E-state index is 0.0881. The highest BCUT2D eigenvalue weighted by Crippen LogP contribution is 2.14. The van der Waals surface area contributed by atoms with Crippen LogP contribution in [0, 0.1) is 5.92 Å². The number of benzene rings is 2. The van der Waals surface area contributed by atoms with Gasteiger partial charge < -0.3 is 10.1 Å². The van der Waals surface area contributed by atoms with Crippen LogP contribution in [-0.2, 0) is 16.1 Å². The Balaban J connectivity index is 1.92. The summed E-state index contributed by atoms with van der Waals surface area (Å²) in [5.74, 6) is -1.30. The lowest BCUT2D eigenvalue weighted by Crippen LogP contribution is -2.54. The lowest BCUT2D eigenvalue weighted by Gasteiger charge is -2.23. The second-order valence-corrected chi connectivity index (χ2v) is 6.90. The van der Waals surface area contributed by atoms with Gasteiger partial charge in [-0.15, -0.1) is 0 Å². The molecule has 29 heavy (non-hydrogen) atoms. The monoisotopic (exact) mass is 417 g/mol. The molecule has 8 heteroatoms. The van der Waals surface area contributed by atoms with Crippen LogP contribution in [0.2, 0.25) is 5.02 Å². The third kappa shape index (κ3) is 6.80. The highest BCUT2D eigenvalue weighted by molar-refractivity contribution is 6.33. The Morgan fingerprint density at radius 3 is 2.31 bits per heavy atom. The Kier molecular flexibility index (Phi) is 8.48. The number of rotatable bonds is 7. The van der Waals surface area contributed by atoms with Gasteiger partial charge in [0.1, 0.15) is 12.6 Å². The van der Waals surface area contributed by atoms with Gasteiger partial charge in [-0.1, -0.05) is 74.3 Å². The van der Waals surface area contributed by atoms with Crippen LogP contribution in [0.25, 0.3) is 0 Å². The van der Waals surface area contributed by atoms with Crippen LogP contribution in [0.1, 0.15) is 36.2 Å². The van der Waals surface area contributed by atoms with Crippen molar-refractivity contribution in [1.82, 2.24) is 16.2 Å². The van der Waals surface area contributed by atoms with Gasteiger partial charge in [0, 0.05) is 0 Å². The summed E-state index contributed by atoms with van der Waals surface area (Å²) in [5.41, 5.74) is 5.71. The number of alkyl carbamates (subject to hydrolysis) is 1. The first kappa shape index (κ1) is 22.2. The van der Waals surface area contributed by atoms with Crippen LogP contribution in [0.5, 0.6) is 0 Å². The molecule has 0 aliphatic heterocycles. The van der Waals surface area contributed by atoms with Crippen LogP contribution < -0.4 is 16.2 Å². The summed E-state index contributed by atoms with van der Waals surface area (Å²) in [7, 11) is 0. The van der Waals surface area contributed by atoms with E-state index in [0.29, 0.717) is 6.42 Å². The molecule has 0 aliphatic rings. The van der Waals surface area contributed by atoms with E-state index in [2.05, 4.69) is 16.2 Å². The smallest absolute Gasteiger partial charge is 0.408 e. The summed E-state index contributed by atoms with van der Waals surface area (Å²) in [6, 6.07) is 14.8. The summed E-state index contributed by atoms with van der Waals surface area (Å²) >= 11 is 5.98. The second-order valence-electron chi connectivity index (χ2n) is 6.49. The van der Waals surface area contributed by atoms with Gasteiger partial charge in [0.05, 0.1) is 10.6 Å². The number of halogens is 1. The Labute approximate surface area is 174 Å². The van der Waals surface area contributed by atoms with Crippen molar-refractivity contribution in [3.05, 3.63) is 70.7 Å². The maximum absolute atomic E-state index is 12.5. The third-order valence-corrected chi connectivity index (χ3v) is 4.73. The van der Waals surface area contributed by atoms with E-state index >= 15 is 0 Å². The molecule has 0 heterocycles. The zero-order chi connectivity index (χ0) is 21.2. The molecule has 3 amide bonds. The van der Waals surface area contributed by atoms with Gasteiger partial charge >= 0.3 is 6.09 Å². The predicted molar refractivity (Wildman–Crippen MR) is 110 cm³/mol. The van der Waals surface area contributed by atoms with Gasteiger partial charge in [-0.3, -0.25) is 20.4 Å². The van der Waals surface area contributed by atoms with Crippen molar-refractivity contribution in [2.75, 3.05) is 0 Å². The molecule has 7 nitrogen and oxygen atoms in total. The molecule has 0 bridgehead atoms. The number of hydrogen-bond donors (Lipinski definition) is 3. The van der Waals surface area contributed by atoms with Crippen molar-refractivity contribution in [3.63, 3.8) is 0 Å². The molecule has 154 valence electrons. The highest BCUT2D eigenvalue weighted by Gasteiger charge is 2.27. The molecule has 0 saturated heterocycles. The predicted octanol–water partition coefficient (Wildman–Crippen LogP) is 3.44. The first-order valence-corrected chi connectivity index (χ1v) is 9.62. The number of hydrogen-bond acceptors (Lipinski definition) is 4. The fourth-order valence-corrected chi connectivity index (χ4v) is 2.72. The number of carbonyl (C=O) groups is 3. The summed E-state index contributed by atoms with van der Waals surface area (Å²) in [4.78, 5) is 36.9. The average Bonchev–Trinajstić information content (AvgIpc) is 2.74. The summed E-state index contributed by atoms with van der Waals surface area (Å²) in [6.45, 7) is 3.80. The van der Waals surface area contributed by atoms with Gasteiger partial charge in [-0.05, 0) is 23.6 Å². The minimum atomic E-state index is -0.880. The van der Waals surface area contributed by atoms with E-state index in [1.165, 1.54) is 6.07 Å². The Hall–Kier alpha value is -3.06. The molecule has 0 saturated carbocycles. The Morgan fingerprint density at radius 1 is 1.00 bits per heavy atom. The van der Waals surface area contributed by atoms with Gasteiger partial charge in [-0.25, -0.2) is 4.79 Å². The summed E-state index contributed by atoms with van der Waals surface area (Å²) in [5, 5.41) is 2.83. The van der Waals surface area contributed by atoms with E-state index in [4.69, 9.17) is 16.3 Å². The van der Waals surface area contributed by atoms with E-state index in [1.54, 1.807) is 18.2 Å². The molecule has 2 rings (SSSR count). The molecular formula is C21H24ClN3O4. The first-order valence-electron chi connectivity index (χ1n) is 9.24. The molecule has 3 N–H and O–H groups in total. The summed E-state index contributed by atoms with van der Waals surface area (Å²) < 4.78 is 5.18. The number of nitrogens with one attached hydrogen (secondary N) is 3. The van der Waals surface area contributed by atoms with Crippen LogP contribution in [-0.4, -0.2) is 23.9 Å². The normalized spacial score (nSPS) is 12.4. The Bertz CT molecular complexity index is 845. The van der Waals surface area contributed by atoms with Crippen LogP contribution in [0.3, 0.4) is 0 Å². The first-order chi connectivity index (χ1) is 13.9. The van der Waals surface area contributed by atoms with Gasteiger partial charge in [0.15, 0.2) is 0 Å². The topological polar surface area (TPSA) is 96.5 Å². The fourth-order valence-electron chi connectivity index (χ4n) is 2.50. The molecule has 0 aliphatic carbocycles. The van der Waals surface area contributed by atoms with Gasteiger partial charge in [0.25, 0.3) is 11.8 Å². The minimum Gasteiger partial charge on any atom is -0.445 e.